The molecule has 0 amide bonds. The van der Waals surface area contributed by atoms with Gasteiger partial charge in [-0.05, 0) is 44.5 Å². The maximum atomic E-state index is 5.00. The summed E-state index contributed by atoms with van der Waals surface area (Å²) >= 11 is 0. The highest BCUT2D eigenvalue weighted by atomic mass is 16.3. The molecule has 3 nitrogen and oxygen atoms in total. The summed E-state index contributed by atoms with van der Waals surface area (Å²) in [6.07, 6.45) is 6.19. The molecule has 0 aliphatic carbocycles. The summed E-state index contributed by atoms with van der Waals surface area (Å²) in [5.74, 6) is 0.802. The maximum Gasteiger partial charge on any atom is 0.0947 e. The fourth-order valence-corrected chi connectivity index (χ4v) is 1.91. The molecule has 14 heavy (non-hydrogen) atoms. The van der Waals surface area contributed by atoms with Crippen LogP contribution in [0.4, 0.5) is 0 Å². The van der Waals surface area contributed by atoms with Gasteiger partial charge in [0.1, 0.15) is 0 Å². The Kier molecular flexibility index (Phi) is 3.60. The van der Waals surface area contributed by atoms with Gasteiger partial charge in [-0.3, -0.25) is 0 Å². The van der Waals surface area contributed by atoms with Crippen LogP contribution in [0.5, 0.6) is 0 Å². The molecule has 78 valence electrons. The van der Waals surface area contributed by atoms with Crippen LogP contribution in [0.1, 0.15) is 18.4 Å². The average molecular weight is 194 g/mol. The second-order valence-electron chi connectivity index (χ2n) is 3.97. The Bertz CT molecular complexity index is 240. The largest absolute Gasteiger partial charge is 0.472 e. The molecule has 0 aromatic carbocycles. The molecule has 1 aliphatic heterocycles. The molecule has 2 rings (SSSR count). The van der Waals surface area contributed by atoms with Crippen LogP contribution in [-0.4, -0.2) is 19.6 Å². The lowest BCUT2D eigenvalue weighted by atomic mass is 10.00. The van der Waals surface area contributed by atoms with Crippen molar-refractivity contribution in [1.82, 2.24) is 10.6 Å². The minimum absolute atomic E-state index is 0.802. The van der Waals surface area contributed by atoms with Crippen molar-refractivity contribution in [1.29, 1.82) is 0 Å². The van der Waals surface area contributed by atoms with Crippen molar-refractivity contribution in [3.05, 3.63) is 24.2 Å². The molecular formula is C11H18N2O. The Balaban J connectivity index is 1.62. The highest BCUT2D eigenvalue weighted by molar-refractivity contribution is 5.04. The van der Waals surface area contributed by atoms with Crippen molar-refractivity contribution >= 4 is 0 Å². The van der Waals surface area contributed by atoms with Gasteiger partial charge in [-0.25, -0.2) is 0 Å². The molecule has 1 atom stereocenters. The van der Waals surface area contributed by atoms with E-state index in [1.807, 2.05) is 6.07 Å². The van der Waals surface area contributed by atoms with Crippen LogP contribution in [-0.2, 0) is 6.54 Å². The summed E-state index contributed by atoms with van der Waals surface area (Å²) in [7, 11) is 0. The highest BCUT2D eigenvalue weighted by Gasteiger charge is 2.11. The first-order valence-electron chi connectivity index (χ1n) is 5.37. The van der Waals surface area contributed by atoms with Crippen molar-refractivity contribution in [2.45, 2.75) is 19.4 Å². The fourth-order valence-electron chi connectivity index (χ4n) is 1.91. The topological polar surface area (TPSA) is 37.2 Å². The molecule has 0 spiro atoms. The van der Waals surface area contributed by atoms with Gasteiger partial charge in [0.2, 0.25) is 0 Å². The van der Waals surface area contributed by atoms with E-state index in [2.05, 4.69) is 10.6 Å². The first kappa shape index (κ1) is 9.74. The Morgan fingerprint density at radius 1 is 1.57 bits per heavy atom. The van der Waals surface area contributed by atoms with Crippen LogP contribution < -0.4 is 10.6 Å². The van der Waals surface area contributed by atoms with E-state index in [-0.39, 0.29) is 0 Å². The third-order valence-electron chi connectivity index (χ3n) is 2.74. The van der Waals surface area contributed by atoms with Crippen LogP contribution in [0, 0.1) is 5.92 Å². The number of hydrogen-bond donors (Lipinski definition) is 2. The van der Waals surface area contributed by atoms with Gasteiger partial charge in [-0.15, -0.1) is 0 Å². The summed E-state index contributed by atoms with van der Waals surface area (Å²) in [4.78, 5) is 0. The Hall–Kier alpha value is -0.800. The predicted octanol–water partition coefficient (Wildman–Crippen LogP) is 1.37. The number of rotatable bonds is 4. The van der Waals surface area contributed by atoms with Crippen molar-refractivity contribution in [3.63, 3.8) is 0 Å². The van der Waals surface area contributed by atoms with E-state index in [9.17, 15) is 0 Å². The number of furan rings is 1. The van der Waals surface area contributed by atoms with E-state index < -0.39 is 0 Å². The van der Waals surface area contributed by atoms with Crippen LogP contribution >= 0.6 is 0 Å². The van der Waals surface area contributed by atoms with E-state index in [0.29, 0.717) is 0 Å². The quantitative estimate of drug-likeness (QED) is 0.760. The normalized spacial score (nSPS) is 22.4. The zero-order chi connectivity index (χ0) is 9.64. The van der Waals surface area contributed by atoms with Gasteiger partial charge in [-0.1, -0.05) is 0 Å². The van der Waals surface area contributed by atoms with E-state index in [4.69, 9.17) is 4.42 Å². The smallest absolute Gasteiger partial charge is 0.0947 e. The van der Waals surface area contributed by atoms with Crippen molar-refractivity contribution in [2.75, 3.05) is 19.6 Å². The lowest BCUT2D eigenvalue weighted by Gasteiger charge is -2.22. The van der Waals surface area contributed by atoms with Crippen LogP contribution in [0.3, 0.4) is 0 Å². The van der Waals surface area contributed by atoms with Crippen LogP contribution in [0.25, 0.3) is 0 Å². The van der Waals surface area contributed by atoms with Gasteiger partial charge in [0, 0.05) is 12.1 Å². The second kappa shape index (κ2) is 5.17. The van der Waals surface area contributed by atoms with E-state index >= 15 is 0 Å². The van der Waals surface area contributed by atoms with E-state index in [0.717, 1.165) is 19.0 Å². The molecule has 1 fully saturated rings. The van der Waals surface area contributed by atoms with Gasteiger partial charge in [-0.2, -0.15) is 0 Å². The molecule has 1 aliphatic rings. The third kappa shape index (κ3) is 2.86. The number of piperidine rings is 1. The van der Waals surface area contributed by atoms with Gasteiger partial charge in [0.15, 0.2) is 0 Å². The Morgan fingerprint density at radius 3 is 3.29 bits per heavy atom. The van der Waals surface area contributed by atoms with Gasteiger partial charge in [0.25, 0.3) is 0 Å². The molecule has 0 bridgehead atoms. The minimum atomic E-state index is 0.802. The molecule has 3 heteroatoms. The van der Waals surface area contributed by atoms with Crippen LogP contribution in [0.15, 0.2) is 23.0 Å². The summed E-state index contributed by atoms with van der Waals surface area (Å²) < 4.78 is 5.00. The van der Waals surface area contributed by atoms with Gasteiger partial charge >= 0.3 is 0 Å². The van der Waals surface area contributed by atoms with Crippen molar-refractivity contribution in [2.24, 2.45) is 5.92 Å². The lowest BCUT2D eigenvalue weighted by molar-refractivity contribution is 0.359. The molecule has 0 radical (unpaired) electrons. The molecule has 2 heterocycles. The predicted molar refractivity (Wildman–Crippen MR) is 56.0 cm³/mol. The second-order valence-corrected chi connectivity index (χ2v) is 3.97. The first-order chi connectivity index (χ1) is 6.95. The fraction of sp³-hybridized carbons (Fsp3) is 0.636. The van der Waals surface area contributed by atoms with Crippen LogP contribution in [0.2, 0.25) is 0 Å². The van der Waals surface area contributed by atoms with Gasteiger partial charge < -0.3 is 15.1 Å². The summed E-state index contributed by atoms with van der Waals surface area (Å²) in [6, 6.07) is 2.01. The number of hydrogen-bond acceptors (Lipinski definition) is 3. The van der Waals surface area contributed by atoms with Crippen molar-refractivity contribution < 1.29 is 4.42 Å². The lowest BCUT2D eigenvalue weighted by Crippen LogP contribution is -2.35. The molecule has 2 N–H and O–H groups in total. The minimum Gasteiger partial charge on any atom is -0.472 e. The van der Waals surface area contributed by atoms with Crippen molar-refractivity contribution in [3.8, 4) is 0 Å². The zero-order valence-corrected chi connectivity index (χ0v) is 8.46. The SMILES string of the molecule is c1cc(CNCC2CCCNC2)co1. The maximum absolute atomic E-state index is 5.00. The number of nitrogens with one attached hydrogen (secondary N) is 2. The molecule has 1 unspecified atom stereocenters. The molecule has 1 aromatic rings. The average Bonchev–Trinajstić information content (AvgIpc) is 2.72. The summed E-state index contributed by atoms with van der Waals surface area (Å²) in [5, 5.41) is 6.88. The Morgan fingerprint density at radius 2 is 2.57 bits per heavy atom. The monoisotopic (exact) mass is 194 g/mol. The molecular weight excluding hydrogens is 176 g/mol. The highest BCUT2D eigenvalue weighted by Crippen LogP contribution is 2.08. The summed E-state index contributed by atoms with van der Waals surface area (Å²) in [5.41, 5.74) is 1.23. The first-order valence-corrected chi connectivity index (χ1v) is 5.37. The van der Waals surface area contributed by atoms with E-state index in [1.165, 1.54) is 31.5 Å². The third-order valence-corrected chi connectivity index (χ3v) is 2.74. The standard InChI is InChI=1S/C11H18N2O/c1-2-10(6-12-4-1)7-13-8-11-3-5-14-9-11/h3,5,9-10,12-13H,1-2,4,6-8H2. The molecule has 1 aromatic heterocycles. The zero-order valence-electron chi connectivity index (χ0n) is 8.46. The van der Waals surface area contributed by atoms with E-state index in [1.54, 1.807) is 12.5 Å². The summed E-state index contributed by atoms with van der Waals surface area (Å²) in [6.45, 7) is 4.39. The Labute approximate surface area is 84.9 Å². The molecule has 1 saturated heterocycles. The molecule has 0 saturated carbocycles. The van der Waals surface area contributed by atoms with Gasteiger partial charge in [0.05, 0.1) is 12.5 Å².